The highest BCUT2D eigenvalue weighted by Gasteiger charge is 2.38. The number of nitrogens with one attached hydrogen (secondary N) is 1. The lowest BCUT2D eigenvalue weighted by atomic mass is 9.91. The van der Waals surface area contributed by atoms with E-state index in [-0.39, 0.29) is 24.5 Å². The second-order valence-corrected chi connectivity index (χ2v) is 7.23. The first-order valence-electron chi connectivity index (χ1n) is 9.69. The van der Waals surface area contributed by atoms with E-state index in [2.05, 4.69) is 17.4 Å². The molecule has 0 aromatic heterocycles. The SMILES string of the molecule is COc1ccccc1CCNC(=O)N1CC(=O)N2CCc3ccccc3C2C1. The van der Waals surface area contributed by atoms with E-state index in [4.69, 9.17) is 4.74 Å². The first kappa shape index (κ1) is 18.3. The van der Waals surface area contributed by atoms with Crippen molar-refractivity contribution in [1.29, 1.82) is 0 Å². The molecular formula is C22H25N3O3. The van der Waals surface area contributed by atoms with Crippen LogP contribution in [-0.4, -0.2) is 55.0 Å². The Hall–Kier alpha value is -3.02. The van der Waals surface area contributed by atoms with Crippen molar-refractivity contribution in [2.75, 3.05) is 33.3 Å². The van der Waals surface area contributed by atoms with Crippen LogP contribution in [0.1, 0.15) is 22.7 Å². The molecule has 0 radical (unpaired) electrons. The monoisotopic (exact) mass is 379 g/mol. The van der Waals surface area contributed by atoms with E-state index in [1.54, 1.807) is 12.0 Å². The first-order valence-corrected chi connectivity index (χ1v) is 9.69. The van der Waals surface area contributed by atoms with Crippen LogP contribution in [0.15, 0.2) is 48.5 Å². The number of piperazine rings is 1. The predicted molar refractivity (Wildman–Crippen MR) is 106 cm³/mol. The number of hydrogen-bond donors (Lipinski definition) is 1. The van der Waals surface area contributed by atoms with Crippen LogP contribution in [0.5, 0.6) is 5.75 Å². The van der Waals surface area contributed by atoms with Gasteiger partial charge in [-0.05, 0) is 35.6 Å². The molecule has 0 bridgehead atoms. The molecule has 0 spiro atoms. The number of nitrogens with zero attached hydrogens (tertiary/aromatic N) is 2. The third-order valence-electron chi connectivity index (χ3n) is 5.60. The van der Waals surface area contributed by atoms with Gasteiger partial charge in [-0.1, -0.05) is 42.5 Å². The summed E-state index contributed by atoms with van der Waals surface area (Å²) in [7, 11) is 1.64. The molecular weight excluding hydrogens is 354 g/mol. The van der Waals surface area contributed by atoms with Crippen LogP contribution in [0, 0.1) is 0 Å². The molecule has 2 aliphatic heterocycles. The minimum Gasteiger partial charge on any atom is -0.496 e. The maximum Gasteiger partial charge on any atom is 0.317 e. The van der Waals surface area contributed by atoms with E-state index in [1.807, 2.05) is 41.3 Å². The average Bonchev–Trinajstić information content (AvgIpc) is 2.73. The Morgan fingerprint density at radius 3 is 2.82 bits per heavy atom. The third-order valence-corrected chi connectivity index (χ3v) is 5.60. The van der Waals surface area contributed by atoms with Crippen LogP contribution in [-0.2, 0) is 17.6 Å². The smallest absolute Gasteiger partial charge is 0.317 e. The Balaban J connectivity index is 1.40. The number of methoxy groups -OCH3 is 1. The Bertz CT molecular complexity index is 883. The van der Waals surface area contributed by atoms with Gasteiger partial charge in [-0.3, -0.25) is 4.79 Å². The zero-order valence-electron chi connectivity index (χ0n) is 16.1. The minimum absolute atomic E-state index is 0.0191. The summed E-state index contributed by atoms with van der Waals surface area (Å²) in [5, 5.41) is 2.95. The molecule has 2 aliphatic rings. The standard InChI is InChI=1S/C22H25N3O3/c1-28-20-9-5-3-7-17(20)10-12-23-22(27)24-14-19-18-8-4-2-6-16(18)11-13-25(19)21(26)15-24/h2-9,19H,10-15H2,1H3,(H,23,27). The quantitative estimate of drug-likeness (QED) is 0.887. The highest BCUT2D eigenvalue weighted by atomic mass is 16.5. The van der Waals surface area contributed by atoms with Gasteiger partial charge >= 0.3 is 6.03 Å². The van der Waals surface area contributed by atoms with Crippen LogP contribution >= 0.6 is 0 Å². The lowest BCUT2D eigenvalue weighted by Gasteiger charge is -2.44. The topological polar surface area (TPSA) is 61.9 Å². The Morgan fingerprint density at radius 1 is 1.18 bits per heavy atom. The van der Waals surface area contributed by atoms with Gasteiger partial charge in [-0.25, -0.2) is 4.79 Å². The molecule has 146 valence electrons. The van der Waals surface area contributed by atoms with Crippen molar-refractivity contribution in [1.82, 2.24) is 15.1 Å². The van der Waals surface area contributed by atoms with Crippen molar-refractivity contribution >= 4 is 11.9 Å². The zero-order valence-corrected chi connectivity index (χ0v) is 16.1. The van der Waals surface area contributed by atoms with Gasteiger partial charge in [0, 0.05) is 19.6 Å². The van der Waals surface area contributed by atoms with E-state index in [9.17, 15) is 9.59 Å². The predicted octanol–water partition coefficient (Wildman–Crippen LogP) is 2.39. The number of amides is 3. The zero-order chi connectivity index (χ0) is 19.5. The number of para-hydroxylation sites is 1. The number of carbonyl (C=O) groups excluding carboxylic acids is 2. The third kappa shape index (κ3) is 3.54. The summed E-state index contributed by atoms with van der Waals surface area (Å²) < 4.78 is 5.35. The van der Waals surface area contributed by atoms with Crippen molar-refractivity contribution in [3.8, 4) is 5.75 Å². The van der Waals surface area contributed by atoms with Gasteiger partial charge < -0.3 is 19.9 Å². The normalized spacial score (nSPS) is 18.3. The molecule has 1 N–H and O–H groups in total. The van der Waals surface area contributed by atoms with Crippen LogP contribution in [0.2, 0.25) is 0 Å². The molecule has 4 rings (SSSR count). The van der Waals surface area contributed by atoms with Crippen LogP contribution in [0.3, 0.4) is 0 Å². The van der Waals surface area contributed by atoms with E-state index in [0.29, 0.717) is 19.5 Å². The lowest BCUT2D eigenvalue weighted by molar-refractivity contribution is -0.139. The van der Waals surface area contributed by atoms with Gasteiger partial charge in [-0.15, -0.1) is 0 Å². The number of ether oxygens (including phenoxy) is 1. The summed E-state index contributed by atoms with van der Waals surface area (Å²) in [6.07, 6.45) is 1.56. The highest BCUT2D eigenvalue weighted by molar-refractivity contribution is 5.86. The fraction of sp³-hybridized carbons (Fsp3) is 0.364. The summed E-state index contributed by atoms with van der Waals surface area (Å²) in [5.41, 5.74) is 3.48. The van der Waals surface area contributed by atoms with E-state index < -0.39 is 0 Å². The Labute approximate surface area is 165 Å². The second kappa shape index (κ2) is 7.92. The van der Waals surface area contributed by atoms with E-state index in [0.717, 1.165) is 29.8 Å². The minimum atomic E-state index is -0.189. The van der Waals surface area contributed by atoms with Crippen molar-refractivity contribution < 1.29 is 14.3 Å². The summed E-state index contributed by atoms with van der Waals surface area (Å²) in [5.74, 6) is 0.838. The van der Waals surface area contributed by atoms with E-state index in [1.165, 1.54) is 5.56 Å². The number of urea groups is 1. The number of benzene rings is 2. The molecule has 0 aliphatic carbocycles. The largest absolute Gasteiger partial charge is 0.496 e. The van der Waals surface area contributed by atoms with Crippen LogP contribution in [0.25, 0.3) is 0 Å². The van der Waals surface area contributed by atoms with Crippen molar-refractivity contribution in [2.24, 2.45) is 0 Å². The number of fused-ring (bicyclic) bond motifs is 3. The average molecular weight is 379 g/mol. The summed E-state index contributed by atoms with van der Waals surface area (Å²) in [6.45, 7) is 1.89. The Kier molecular flexibility index (Phi) is 5.19. The molecule has 2 heterocycles. The van der Waals surface area contributed by atoms with Crippen molar-refractivity contribution in [2.45, 2.75) is 18.9 Å². The van der Waals surface area contributed by atoms with Crippen LogP contribution < -0.4 is 10.1 Å². The van der Waals surface area contributed by atoms with Gasteiger partial charge in [0.15, 0.2) is 0 Å². The molecule has 6 heteroatoms. The number of rotatable bonds is 4. The maximum absolute atomic E-state index is 12.7. The van der Waals surface area contributed by atoms with Gasteiger partial charge in [-0.2, -0.15) is 0 Å². The summed E-state index contributed by atoms with van der Waals surface area (Å²) >= 11 is 0. The van der Waals surface area contributed by atoms with Gasteiger partial charge in [0.25, 0.3) is 0 Å². The molecule has 6 nitrogen and oxygen atoms in total. The van der Waals surface area contributed by atoms with Crippen molar-refractivity contribution in [3.05, 3.63) is 65.2 Å². The fourth-order valence-electron chi connectivity index (χ4n) is 4.15. The fourth-order valence-corrected chi connectivity index (χ4v) is 4.15. The molecule has 1 unspecified atom stereocenters. The molecule has 1 atom stereocenters. The maximum atomic E-state index is 12.7. The van der Waals surface area contributed by atoms with Crippen molar-refractivity contribution in [3.63, 3.8) is 0 Å². The molecule has 1 saturated heterocycles. The Morgan fingerprint density at radius 2 is 1.96 bits per heavy atom. The molecule has 2 aromatic rings. The number of carbonyl (C=O) groups is 2. The summed E-state index contributed by atoms with van der Waals surface area (Å²) in [4.78, 5) is 28.9. The lowest BCUT2D eigenvalue weighted by Crippen LogP contribution is -2.57. The van der Waals surface area contributed by atoms with Gasteiger partial charge in [0.2, 0.25) is 5.91 Å². The molecule has 3 amide bonds. The molecule has 0 saturated carbocycles. The van der Waals surface area contributed by atoms with Gasteiger partial charge in [0.1, 0.15) is 12.3 Å². The second-order valence-electron chi connectivity index (χ2n) is 7.23. The van der Waals surface area contributed by atoms with Crippen LogP contribution in [0.4, 0.5) is 4.79 Å². The van der Waals surface area contributed by atoms with Gasteiger partial charge in [0.05, 0.1) is 13.2 Å². The van der Waals surface area contributed by atoms with E-state index >= 15 is 0 Å². The highest BCUT2D eigenvalue weighted by Crippen LogP contribution is 2.32. The molecule has 1 fully saturated rings. The first-order chi connectivity index (χ1) is 13.7. The molecule has 2 aromatic carbocycles. The summed E-state index contributed by atoms with van der Waals surface area (Å²) in [6, 6.07) is 15.8. The molecule has 28 heavy (non-hydrogen) atoms. The number of hydrogen-bond acceptors (Lipinski definition) is 3.